The molecule has 0 bridgehead atoms. The molecule has 19 heteroatoms. The van der Waals surface area contributed by atoms with Crippen LogP contribution < -0.4 is 38.1 Å². The number of aliphatic hydroxyl groups is 1. The van der Waals surface area contributed by atoms with Gasteiger partial charge in [0.05, 0.1) is 12.6 Å². The van der Waals surface area contributed by atoms with Gasteiger partial charge in [0, 0.05) is 25.1 Å². The van der Waals surface area contributed by atoms with Crippen molar-refractivity contribution in [3.8, 4) is 0 Å². The van der Waals surface area contributed by atoms with Gasteiger partial charge in [-0.25, -0.2) is 4.79 Å². The van der Waals surface area contributed by atoms with Gasteiger partial charge >= 0.3 is 5.97 Å². The minimum atomic E-state index is -1.50. The van der Waals surface area contributed by atoms with E-state index in [1.54, 1.807) is 68.4 Å². The summed E-state index contributed by atoms with van der Waals surface area (Å²) in [6.45, 7) is 2.56. The monoisotopic (exact) mass is 826 g/mol. The number of nitrogens with zero attached hydrogens (tertiary/aromatic N) is 1. The van der Waals surface area contributed by atoms with E-state index in [4.69, 9.17) is 11.5 Å². The number of likely N-dealkylation sites (tertiary alicyclic amines) is 1. The van der Waals surface area contributed by atoms with Crippen molar-refractivity contribution in [1.82, 2.24) is 31.5 Å². The van der Waals surface area contributed by atoms with Gasteiger partial charge in [-0.15, -0.1) is 0 Å². The summed E-state index contributed by atoms with van der Waals surface area (Å²) < 4.78 is 0. The smallest absolute Gasteiger partial charge is 0.327 e. The number of amides is 7. The molecule has 1 aliphatic rings. The van der Waals surface area contributed by atoms with Crippen molar-refractivity contribution in [2.24, 2.45) is 17.4 Å². The summed E-state index contributed by atoms with van der Waals surface area (Å²) in [7, 11) is 0. The molecule has 1 aliphatic heterocycles. The van der Waals surface area contributed by atoms with Crippen LogP contribution in [0.15, 0.2) is 60.7 Å². The number of nitrogens with two attached hydrogens (primary N) is 2. The predicted molar refractivity (Wildman–Crippen MR) is 214 cm³/mol. The van der Waals surface area contributed by atoms with Crippen molar-refractivity contribution in [1.29, 1.82) is 0 Å². The minimum absolute atomic E-state index is 0.0852. The van der Waals surface area contributed by atoms with E-state index in [0.717, 1.165) is 5.56 Å². The van der Waals surface area contributed by atoms with E-state index >= 15 is 0 Å². The molecule has 11 N–H and O–H groups in total. The first-order chi connectivity index (χ1) is 27.6. The second-order valence-corrected chi connectivity index (χ2v) is 14.7. The fourth-order valence-corrected chi connectivity index (χ4v) is 6.56. The molecule has 1 fully saturated rings. The summed E-state index contributed by atoms with van der Waals surface area (Å²) >= 11 is 3.96. The van der Waals surface area contributed by atoms with Crippen molar-refractivity contribution in [2.75, 3.05) is 18.9 Å². The number of hydrogen-bond donors (Lipinski definition) is 10. The van der Waals surface area contributed by atoms with Crippen molar-refractivity contribution >= 4 is 59.9 Å². The molecule has 18 nitrogen and oxygen atoms in total. The lowest BCUT2D eigenvalue weighted by molar-refractivity contribution is -0.144. The van der Waals surface area contributed by atoms with Crippen molar-refractivity contribution in [3.05, 3.63) is 71.8 Å². The molecule has 7 atom stereocenters. The van der Waals surface area contributed by atoms with Crippen LogP contribution in [0.2, 0.25) is 0 Å². The van der Waals surface area contributed by atoms with E-state index in [1.165, 1.54) is 4.90 Å². The zero-order valence-electron chi connectivity index (χ0n) is 32.5. The molecular formula is C39H54N8O10S. The highest BCUT2D eigenvalue weighted by atomic mass is 32.1. The van der Waals surface area contributed by atoms with Crippen LogP contribution in [0.1, 0.15) is 50.7 Å². The molecule has 1 heterocycles. The minimum Gasteiger partial charge on any atom is -0.480 e. The van der Waals surface area contributed by atoms with Crippen LogP contribution >= 0.6 is 12.6 Å². The molecule has 316 valence electrons. The number of rotatable bonds is 22. The van der Waals surface area contributed by atoms with Gasteiger partial charge in [0.2, 0.25) is 41.4 Å². The number of carbonyl (C=O) groups excluding carboxylic acids is 7. The first-order valence-electron chi connectivity index (χ1n) is 18.9. The fourth-order valence-electron chi connectivity index (χ4n) is 6.32. The van der Waals surface area contributed by atoms with Gasteiger partial charge in [0.15, 0.2) is 0 Å². The number of carboxylic acid groups (broad SMARTS) is 1. The Bertz CT molecular complexity index is 1750. The van der Waals surface area contributed by atoms with Crippen LogP contribution in [0.25, 0.3) is 0 Å². The van der Waals surface area contributed by atoms with E-state index in [2.05, 4.69) is 39.2 Å². The highest BCUT2D eigenvalue weighted by molar-refractivity contribution is 7.80. The molecule has 3 rings (SSSR count). The zero-order chi connectivity index (χ0) is 42.9. The lowest BCUT2D eigenvalue weighted by atomic mass is 10.0. The molecule has 0 spiro atoms. The molecule has 0 unspecified atom stereocenters. The summed E-state index contributed by atoms with van der Waals surface area (Å²) in [5, 5.41) is 32.0. The molecule has 2 aromatic carbocycles. The zero-order valence-corrected chi connectivity index (χ0v) is 33.4. The van der Waals surface area contributed by atoms with Crippen molar-refractivity contribution in [3.63, 3.8) is 0 Å². The first kappa shape index (κ1) is 46.8. The van der Waals surface area contributed by atoms with Gasteiger partial charge in [0.1, 0.15) is 36.3 Å². The maximum Gasteiger partial charge on any atom is 0.327 e. The number of primary amides is 1. The molecule has 7 amide bonds. The Kier molecular flexibility index (Phi) is 18.6. The van der Waals surface area contributed by atoms with Gasteiger partial charge in [-0.1, -0.05) is 74.5 Å². The van der Waals surface area contributed by atoms with E-state index < -0.39 is 102 Å². The number of thiol groups is 1. The number of benzene rings is 2. The maximum atomic E-state index is 14.1. The van der Waals surface area contributed by atoms with Crippen LogP contribution in [-0.2, 0) is 51.2 Å². The predicted octanol–water partition coefficient (Wildman–Crippen LogP) is -1.86. The quantitative estimate of drug-likeness (QED) is 0.0588. The number of hydrogen-bond acceptors (Lipinski definition) is 11. The Balaban J connectivity index is 1.81. The Morgan fingerprint density at radius 3 is 1.83 bits per heavy atom. The summed E-state index contributed by atoms with van der Waals surface area (Å²) in [6, 6.07) is 8.65. The Morgan fingerprint density at radius 2 is 1.29 bits per heavy atom. The molecule has 0 aliphatic carbocycles. The summed E-state index contributed by atoms with van der Waals surface area (Å²) in [4.78, 5) is 106. The molecule has 1 saturated heterocycles. The average molecular weight is 827 g/mol. The van der Waals surface area contributed by atoms with Crippen molar-refractivity contribution < 1.29 is 48.6 Å². The van der Waals surface area contributed by atoms with Crippen LogP contribution in [0, 0.1) is 5.92 Å². The molecule has 0 radical (unpaired) electrons. The van der Waals surface area contributed by atoms with Gasteiger partial charge in [-0.3, -0.25) is 33.6 Å². The lowest BCUT2D eigenvalue weighted by Crippen LogP contribution is -2.60. The van der Waals surface area contributed by atoms with Gasteiger partial charge in [-0.2, -0.15) is 12.6 Å². The lowest BCUT2D eigenvalue weighted by Gasteiger charge is -2.31. The topological polar surface area (TPSA) is 292 Å². The van der Waals surface area contributed by atoms with Gasteiger partial charge in [-0.05, 0) is 42.7 Å². The summed E-state index contributed by atoms with van der Waals surface area (Å²) in [6.07, 6.45) is 0.0641. The van der Waals surface area contributed by atoms with E-state index in [0.29, 0.717) is 12.0 Å². The summed E-state index contributed by atoms with van der Waals surface area (Å²) in [5.74, 6) is -7.39. The molecule has 2 aromatic rings. The fraction of sp³-hybridized carbons (Fsp3) is 0.487. The van der Waals surface area contributed by atoms with Crippen LogP contribution in [-0.4, -0.2) is 124 Å². The number of aliphatic carboxylic acids is 1. The number of carbonyl (C=O) groups is 8. The van der Waals surface area contributed by atoms with Crippen LogP contribution in [0.3, 0.4) is 0 Å². The number of aliphatic hydroxyl groups excluding tert-OH is 1. The van der Waals surface area contributed by atoms with E-state index in [-0.39, 0.29) is 44.4 Å². The Hall–Kier alpha value is -5.53. The third-order valence-electron chi connectivity index (χ3n) is 9.54. The molecule has 0 saturated carbocycles. The van der Waals surface area contributed by atoms with Gasteiger partial charge in [0.25, 0.3) is 0 Å². The second kappa shape index (κ2) is 23.0. The van der Waals surface area contributed by atoms with E-state index in [1.807, 2.05) is 6.07 Å². The number of carboxylic acids is 1. The second-order valence-electron chi connectivity index (χ2n) is 14.4. The van der Waals surface area contributed by atoms with Crippen LogP contribution in [0.5, 0.6) is 0 Å². The van der Waals surface area contributed by atoms with Gasteiger partial charge < -0.3 is 53.2 Å². The molecule has 58 heavy (non-hydrogen) atoms. The molecule has 0 aromatic heterocycles. The maximum absolute atomic E-state index is 14.1. The van der Waals surface area contributed by atoms with E-state index in [9.17, 15) is 48.6 Å². The first-order valence-corrected chi connectivity index (χ1v) is 19.6. The third-order valence-corrected chi connectivity index (χ3v) is 9.91. The van der Waals surface area contributed by atoms with Crippen molar-refractivity contribution in [2.45, 2.75) is 94.7 Å². The normalized spacial score (nSPS) is 16.8. The molecular weight excluding hydrogens is 773 g/mol. The average Bonchev–Trinajstić information content (AvgIpc) is 3.69. The highest BCUT2D eigenvalue weighted by Crippen LogP contribution is 2.21. The number of nitrogens with one attached hydrogen (secondary N) is 5. The van der Waals surface area contributed by atoms with Crippen LogP contribution in [0.4, 0.5) is 0 Å². The third kappa shape index (κ3) is 14.1. The largest absolute Gasteiger partial charge is 0.480 e. The Labute approximate surface area is 342 Å². The Morgan fingerprint density at radius 1 is 0.759 bits per heavy atom. The standard InChI is InChI=1S/C39H54N8O10S/c1-22(2)32(37(54)45-29(21-58)39(56)57)46-36(53)30-14-9-17-47(30)38(55)26(15-16-31(41)49)42-34(51)27(19-24-12-7-4-8-13-24)43-35(52)28(20-48)44-33(50)25(40)18-23-10-5-3-6-11-23/h3-8,10-13,22,25-30,32,48,58H,9,14-21,40H2,1-2H3,(H2,41,49)(H,42,51)(H,43,52)(H,44,50)(H,45,54)(H,46,53)(H,56,57)/t25-,26-,27-,28-,29-,30-,32-/m0/s1. The SMILES string of the molecule is CC(C)[C@H](NC(=O)[C@@H]1CCCN1C(=O)[C@H](CCC(N)=O)NC(=O)[C@H](Cc1ccccc1)NC(=O)[C@H](CO)NC(=O)[C@@H](N)Cc1ccccc1)C(=O)N[C@@H](CS)C(=O)O. The summed E-state index contributed by atoms with van der Waals surface area (Å²) in [5.41, 5.74) is 12.9. The highest BCUT2D eigenvalue weighted by Gasteiger charge is 2.40.